The van der Waals surface area contributed by atoms with Gasteiger partial charge in [0.1, 0.15) is 24.5 Å². The summed E-state index contributed by atoms with van der Waals surface area (Å²) in [4.78, 5) is 25.0. The molecule has 0 spiro atoms. The van der Waals surface area contributed by atoms with Crippen molar-refractivity contribution in [1.82, 2.24) is 15.0 Å². The Morgan fingerprint density at radius 1 is 0.917 bits per heavy atom. The van der Waals surface area contributed by atoms with Crippen molar-refractivity contribution in [3.63, 3.8) is 0 Å². The van der Waals surface area contributed by atoms with Crippen LogP contribution >= 0.6 is 0 Å². The smallest absolute Gasteiger partial charge is 0.256 e. The summed E-state index contributed by atoms with van der Waals surface area (Å²) in [6.07, 6.45) is 9.80. The summed E-state index contributed by atoms with van der Waals surface area (Å²) in [6, 6.07) is 24.3. The van der Waals surface area contributed by atoms with Gasteiger partial charge in [0.05, 0.1) is 5.69 Å². The maximum absolute atomic E-state index is 12.7. The predicted octanol–water partition coefficient (Wildman–Crippen LogP) is 5.81. The van der Waals surface area contributed by atoms with Gasteiger partial charge in [0.15, 0.2) is 0 Å². The summed E-state index contributed by atoms with van der Waals surface area (Å²) in [6.45, 7) is 0.453. The van der Waals surface area contributed by atoms with E-state index in [9.17, 15) is 4.79 Å². The van der Waals surface area contributed by atoms with Crippen LogP contribution in [0, 0.1) is 11.8 Å². The van der Waals surface area contributed by atoms with Crippen molar-refractivity contribution in [2.24, 2.45) is 11.8 Å². The highest BCUT2D eigenvalue weighted by molar-refractivity contribution is 6.03. The van der Waals surface area contributed by atoms with E-state index in [4.69, 9.17) is 4.74 Å². The third-order valence-corrected chi connectivity index (χ3v) is 7.82. The summed E-state index contributed by atoms with van der Waals surface area (Å²) in [7, 11) is 0. The molecule has 2 aromatic carbocycles. The van der Waals surface area contributed by atoms with Gasteiger partial charge in [0.25, 0.3) is 5.91 Å². The number of aromatic nitrogens is 3. The Balaban J connectivity index is 1.24. The molecule has 1 amide bonds. The van der Waals surface area contributed by atoms with E-state index in [1.54, 1.807) is 18.5 Å². The van der Waals surface area contributed by atoms with Gasteiger partial charge >= 0.3 is 0 Å². The molecule has 0 radical (unpaired) electrons. The zero-order chi connectivity index (χ0) is 24.4. The molecule has 0 unspecified atom stereocenters. The lowest BCUT2D eigenvalue weighted by atomic mass is 9.64. The van der Waals surface area contributed by atoms with Crippen molar-refractivity contribution in [3.05, 3.63) is 114 Å². The first kappa shape index (κ1) is 22.4. The van der Waals surface area contributed by atoms with E-state index in [0.29, 0.717) is 23.9 Å². The van der Waals surface area contributed by atoms with Gasteiger partial charge in [0.2, 0.25) is 0 Å². The van der Waals surface area contributed by atoms with Gasteiger partial charge in [0, 0.05) is 23.4 Å². The van der Waals surface area contributed by atoms with Gasteiger partial charge in [-0.05, 0) is 84.7 Å². The standard InChI is InChI=1S/C30H28N4O2/c35-29(34-28-14-16-31-20-33-28)22-5-8-23(9-6-22)30(18-21-4-7-25(30)17-21)24-10-12-27(13-11-24)36-19-26-3-1-2-15-32-26/h1-3,5-6,8-16,20-21,25H,4,7,17-19H2,(H,31,33,34,35)/t21-,25+,30-/m1/s1. The van der Waals surface area contributed by atoms with E-state index in [1.807, 2.05) is 30.3 Å². The van der Waals surface area contributed by atoms with E-state index in [2.05, 4.69) is 56.7 Å². The van der Waals surface area contributed by atoms with Crippen LogP contribution in [0.25, 0.3) is 0 Å². The van der Waals surface area contributed by atoms with Crippen LogP contribution in [0.4, 0.5) is 5.82 Å². The Kier molecular flexibility index (Phi) is 5.93. The van der Waals surface area contributed by atoms with Crippen LogP contribution in [0.2, 0.25) is 0 Å². The Bertz CT molecular complexity index is 1330. The highest BCUT2D eigenvalue weighted by Gasteiger charge is 2.52. The number of hydrogen-bond donors (Lipinski definition) is 1. The van der Waals surface area contributed by atoms with Gasteiger partial charge in [-0.2, -0.15) is 0 Å². The number of nitrogens with one attached hydrogen (secondary N) is 1. The molecule has 2 heterocycles. The number of nitrogens with zero attached hydrogens (tertiary/aromatic N) is 3. The third-order valence-electron chi connectivity index (χ3n) is 7.82. The lowest BCUT2D eigenvalue weighted by Crippen LogP contribution is -2.34. The number of rotatable bonds is 7. The lowest BCUT2D eigenvalue weighted by Gasteiger charge is -2.39. The molecule has 2 fully saturated rings. The molecular weight excluding hydrogens is 448 g/mol. The van der Waals surface area contributed by atoms with Gasteiger partial charge in [-0.15, -0.1) is 0 Å². The van der Waals surface area contributed by atoms with Crippen LogP contribution in [0.5, 0.6) is 5.75 Å². The van der Waals surface area contributed by atoms with Crippen molar-refractivity contribution in [2.45, 2.75) is 37.7 Å². The van der Waals surface area contributed by atoms with E-state index in [0.717, 1.165) is 23.8 Å². The van der Waals surface area contributed by atoms with Gasteiger partial charge < -0.3 is 10.1 Å². The molecule has 180 valence electrons. The number of carbonyl (C=O) groups excluding carboxylic acids is 1. The van der Waals surface area contributed by atoms with Crippen LogP contribution in [-0.4, -0.2) is 20.9 Å². The molecule has 2 bridgehead atoms. The Hall–Kier alpha value is -4.06. The molecule has 2 aromatic heterocycles. The van der Waals surface area contributed by atoms with E-state index < -0.39 is 0 Å². The highest BCUT2D eigenvalue weighted by Crippen LogP contribution is 2.60. The minimum Gasteiger partial charge on any atom is -0.487 e. The van der Waals surface area contributed by atoms with Gasteiger partial charge in [-0.1, -0.05) is 36.8 Å². The predicted molar refractivity (Wildman–Crippen MR) is 138 cm³/mol. The fourth-order valence-corrected chi connectivity index (χ4v) is 6.17. The molecule has 36 heavy (non-hydrogen) atoms. The maximum atomic E-state index is 12.7. The van der Waals surface area contributed by atoms with Gasteiger partial charge in [-0.3, -0.25) is 9.78 Å². The van der Waals surface area contributed by atoms with Gasteiger partial charge in [-0.25, -0.2) is 9.97 Å². The number of hydrogen-bond acceptors (Lipinski definition) is 5. The molecule has 6 rings (SSSR count). The normalized spacial score (nSPS) is 22.3. The molecule has 4 aromatic rings. The second kappa shape index (κ2) is 9.53. The monoisotopic (exact) mass is 476 g/mol. The number of carbonyl (C=O) groups is 1. The average Bonchev–Trinajstić information content (AvgIpc) is 3.56. The Labute approximate surface area is 210 Å². The molecule has 0 aliphatic heterocycles. The minimum atomic E-state index is -0.170. The molecule has 3 atom stereocenters. The van der Waals surface area contributed by atoms with Crippen molar-refractivity contribution in [1.29, 1.82) is 0 Å². The fourth-order valence-electron chi connectivity index (χ4n) is 6.17. The number of anilines is 1. The Morgan fingerprint density at radius 2 is 1.72 bits per heavy atom. The number of fused-ring (bicyclic) bond motifs is 2. The SMILES string of the molecule is O=C(Nc1ccncn1)c1ccc([C@@]2(c3ccc(OCc4ccccn4)cc3)C[C@@H]3CC[C@H]2C3)cc1. The quantitative estimate of drug-likeness (QED) is 0.364. The zero-order valence-corrected chi connectivity index (χ0v) is 20.0. The van der Waals surface area contributed by atoms with Crippen LogP contribution in [0.3, 0.4) is 0 Å². The van der Waals surface area contributed by atoms with E-state index in [-0.39, 0.29) is 11.3 Å². The topological polar surface area (TPSA) is 77.0 Å². The minimum absolute atomic E-state index is 0.0237. The second-order valence-electron chi connectivity index (χ2n) is 9.81. The van der Waals surface area contributed by atoms with Crippen molar-refractivity contribution in [2.75, 3.05) is 5.32 Å². The first-order valence-electron chi connectivity index (χ1n) is 12.5. The lowest BCUT2D eigenvalue weighted by molar-refractivity contribution is 0.102. The summed E-state index contributed by atoms with van der Waals surface area (Å²) in [5.74, 6) is 2.55. The number of pyridine rings is 1. The number of amides is 1. The van der Waals surface area contributed by atoms with Crippen molar-refractivity contribution < 1.29 is 9.53 Å². The molecule has 2 aliphatic rings. The van der Waals surface area contributed by atoms with Crippen LogP contribution in [-0.2, 0) is 12.0 Å². The summed E-state index contributed by atoms with van der Waals surface area (Å²) >= 11 is 0. The van der Waals surface area contributed by atoms with Crippen LogP contribution < -0.4 is 10.1 Å². The molecule has 0 saturated heterocycles. The van der Waals surface area contributed by atoms with Crippen LogP contribution in [0.1, 0.15) is 52.9 Å². The second-order valence-corrected chi connectivity index (χ2v) is 9.81. The molecule has 6 heteroatoms. The molecular formula is C30H28N4O2. The largest absolute Gasteiger partial charge is 0.487 e. The van der Waals surface area contributed by atoms with E-state index >= 15 is 0 Å². The van der Waals surface area contributed by atoms with E-state index in [1.165, 1.54) is 36.7 Å². The first-order chi connectivity index (χ1) is 17.7. The third kappa shape index (κ3) is 4.24. The fraction of sp³-hybridized carbons (Fsp3) is 0.267. The molecule has 6 nitrogen and oxygen atoms in total. The summed E-state index contributed by atoms with van der Waals surface area (Å²) in [5, 5.41) is 2.84. The number of benzene rings is 2. The van der Waals surface area contributed by atoms with Crippen molar-refractivity contribution >= 4 is 11.7 Å². The van der Waals surface area contributed by atoms with Crippen molar-refractivity contribution in [3.8, 4) is 5.75 Å². The summed E-state index contributed by atoms with van der Waals surface area (Å²) < 4.78 is 5.99. The first-order valence-corrected chi connectivity index (χ1v) is 12.5. The molecule has 2 aliphatic carbocycles. The molecule has 1 N–H and O–H groups in total. The van der Waals surface area contributed by atoms with Crippen LogP contribution in [0.15, 0.2) is 91.5 Å². The average molecular weight is 477 g/mol. The summed E-state index contributed by atoms with van der Waals surface area (Å²) in [5.41, 5.74) is 4.13. The Morgan fingerprint density at radius 3 is 2.36 bits per heavy atom. The highest BCUT2D eigenvalue weighted by atomic mass is 16.5. The number of ether oxygens (including phenoxy) is 1. The maximum Gasteiger partial charge on any atom is 0.256 e. The molecule has 2 saturated carbocycles. The zero-order valence-electron chi connectivity index (χ0n) is 20.0.